The van der Waals surface area contributed by atoms with Gasteiger partial charge in [-0.15, -0.1) is 0 Å². The van der Waals surface area contributed by atoms with Gasteiger partial charge in [0.2, 0.25) is 5.91 Å². The summed E-state index contributed by atoms with van der Waals surface area (Å²) >= 11 is 0. The predicted octanol–water partition coefficient (Wildman–Crippen LogP) is 5.54. The van der Waals surface area contributed by atoms with E-state index in [0.29, 0.717) is 32.2 Å². The maximum absolute atomic E-state index is 14.1. The molecule has 49 heavy (non-hydrogen) atoms. The molecule has 0 radical (unpaired) electrons. The van der Waals surface area contributed by atoms with Gasteiger partial charge in [0.15, 0.2) is 0 Å². The number of azide groups is 1. The third kappa shape index (κ3) is 9.58. The number of benzene rings is 1. The molecule has 1 saturated carbocycles. The van der Waals surface area contributed by atoms with Crippen molar-refractivity contribution in [2.75, 3.05) is 13.2 Å². The molecule has 13 nitrogen and oxygen atoms in total. The lowest BCUT2D eigenvalue weighted by Crippen LogP contribution is -2.64. The van der Waals surface area contributed by atoms with Crippen molar-refractivity contribution in [2.24, 2.45) is 16.4 Å². The van der Waals surface area contributed by atoms with Crippen molar-refractivity contribution in [3.8, 4) is 0 Å². The monoisotopic (exact) mass is 675 g/mol. The zero-order chi connectivity index (χ0) is 35.5. The molecule has 2 amide bonds. The van der Waals surface area contributed by atoms with Crippen molar-refractivity contribution in [1.82, 2.24) is 20.6 Å². The summed E-state index contributed by atoms with van der Waals surface area (Å²) < 4.78 is 19.7. The highest BCUT2D eigenvalue weighted by molar-refractivity contribution is 6.48. The number of aromatic nitrogens is 2. The van der Waals surface area contributed by atoms with Gasteiger partial charge in [-0.1, -0.05) is 69.6 Å². The first-order chi connectivity index (χ1) is 23.4. The topological polar surface area (TPSA) is 178 Å². The first-order valence-corrected chi connectivity index (χ1v) is 17.3. The fourth-order valence-corrected chi connectivity index (χ4v) is 7.12. The SMILES string of the molecule is CC(C)C[C@H](NC(=O)[C@H](Cc1ccccc1)NC(=O)c1cnccn1)B1OC2(C)CCCC(C)(C)C2(COC(=O)CCCCCN=[N+]=[N-])O1. The van der Waals surface area contributed by atoms with Crippen molar-refractivity contribution in [3.63, 3.8) is 0 Å². The number of carbonyl (C=O) groups excluding carboxylic acids is 3. The minimum atomic E-state index is -0.955. The van der Waals surface area contributed by atoms with Crippen LogP contribution in [0.15, 0.2) is 54.0 Å². The molecule has 1 aromatic carbocycles. The number of nitrogens with one attached hydrogen (secondary N) is 2. The van der Waals surface area contributed by atoms with Crippen LogP contribution in [0.5, 0.6) is 0 Å². The van der Waals surface area contributed by atoms with Gasteiger partial charge in [0.1, 0.15) is 23.9 Å². The average molecular weight is 676 g/mol. The van der Waals surface area contributed by atoms with Crippen LogP contribution < -0.4 is 10.6 Å². The van der Waals surface area contributed by atoms with Crippen molar-refractivity contribution < 1.29 is 28.4 Å². The summed E-state index contributed by atoms with van der Waals surface area (Å²) in [6.45, 7) is 10.8. The Hall–Kier alpha value is -4.00. The summed E-state index contributed by atoms with van der Waals surface area (Å²) in [6, 6.07) is 8.58. The summed E-state index contributed by atoms with van der Waals surface area (Å²) in [5.74, 6) is -1.58. The predicted molar refractivity (Wildman–Crippen MR) is 185 cm³/mol. The van der Waals surface area contributed by atoms with E-state index in [1.807, 2.05) is 37.3 Å². The molecule has 2 aromatic rings. The van der Waals surface area contributed by atoms with E-state index in [0.717, 1.165) is 24.8 Å². The van der Waals surface area contributed by atoms with Crippen LogP contribution in [0.25, 0.3) is 10.4 Å². The number of carbonyl (C=O) groups is 3. The number of fused-ring (bicyclic) bond motifs is 1. The summed E-state index contributed by atoms with van der Waals surface area (Å²) in [6.07, 6.45) is 9.90. The van der Waals surface area contributed by atoms with Gasteiger partial charge in [-0.2, -0.15) is 0 Å². The van der Waals surface area contributed by atoms with Crippen LogP contribution in [0.3, 0.4) is 0 Å². The minimum absolute atomic E-state index is 0.0255. The number of hydrogen-bond donors (Lipinski definition) is 2. The Labute approximate surface area is 289 Å². The van der Waals surface area contributed by atoms with Crippen LogP contribution in [0.1, 0.15) is 102 Å². The van der Waals surface area contributed by atoms with Crippen molar-refractivity contribution in [3.05, 3.63) is 70.6 Å². The van der Waals surface area contributed by atoms with Gasteiger partial charge in [-0.3, -0.25) is 19.4 Å². The molecule has 2 N–H and O–H groups in total. The molecule has 4 rings (SSSR count). The third-order valence-corrected chi connectivity index (χ3v) is 9.82. The summed E-state index contributed by atoms with van der Waals surface area (Å²) in [5.41, 5.74) is 7.30. The molecule has 4 atom stereocenters. The molecule has 2 unspecified atom stereocenters. The van der Waals surface area contributed by atoms with E-state index < -0.39 is 41.6 Å². The summed E-state index contributed by atoms with van der Waals surface area (Å²) in [7, 11) is -0.818. The van der Waals surface area contributed by atoms with Crippen LogP contribution in [0, 0.1) is 11.3 Å². The van der Waals surface area contributed by atoms with Gasteiger partial charge < -0.3 is 24.7 Å². The Balaban J connectivity index is 1.53. The molecule has 1 aliphatic carbocycles. The van der Waals surface area contributed by atoms with Crippen LogP contribution in [0.2, 0.25) is 0 Å². The van der Waals surface area contributed by atoms with Crippen molar-refractivity contribution in [1.29, 1.82) is 0 Å². The number of hydrogen-bond acceptors (Lipinski definition) is 9. The van der Waals surface area contributed by atoms with E-state index in [1.54, 1.807) is 0 Å². The number of ether oxygens (including phenoxy) is 1. The summed E-state index contributed by atoms with van der Waals surface area (Å²) in [5, 5.41) is 9.57. The Morgan fingerprint density at radius 3 is 2.53 bits per heavy atom. The molecule has 0 spiro atoms. The van der Waals surface area contributed by atoms with Crippen molar-refractivity contribution >= 4 is 24.9 Å². The van der Waals surface area contributed by atoms with Crippen LogP contribution in [0.4, 0.5) is 0 Å². The van der Waals surface area contributed by atoms with Gasteiger partial charge in [0.05, 0.1) is 17.7 Å². The van der Waals surface area contributed by atoms with Gasteiger partial charge in [-0.25, -0.2) is 4.98 Å². The van der Waals surface area contributed by atoms with E-state index in [9.17, 15) is 14.4 Å². The van der Waals surface area contributed by atoms with Crippen LogP contribution >= 0.6 is 0 Å². The second kappa shape index (κ2) is 17.1. The Morgan fingerprint density at radius 2 is 1.84 bits per heavy atom. The second-order valence-corrected chi connectivity index (χ2v) is 14.4. The van der Waals surface area contributed by atoms with E-state index in [-0.39, 0.29) is 42.9 Å². The van der Waals surface area contributed by atoms with Crippen LogP contribution in [-0.2, 0) is 30.1 Å². The zero-order valence-corrected chi connectivity index (χ0v) is 29.4. The smallest absolute Gasteiger partial charge is 0.463 e. The molecular formula is C35H50BN7O6. The lowest BCUT2D eigenvalue weighted by atomic mass is 9.59. The molecule has 1 aliphatic heterocycles. The Bertz CT molecular complexity index is 1460. The maximum atomic E-state index is 14.1. The second-order valence-electron chi connectivity index (χ2n) is 14.4. The quantitative estimate of drug-likeness (QED) is 0.0548. The molecule has 264 valence electrons. The number of unbranched alkanes of at least 4 members (excludes halogenated alkanes) is 2. The molecule has 0 bridgehead atoms. The first kappa shape index (κ1) is 37.8. The van der Waals surface area contributed by atoms with E-state index in [1.165, 1.54) is 18.6 Å². The van der Waals surface area contributed by atoms with Gasteiger partial charge in [-0.05, 0) is 67.9 Å². The number of amides is 2. The number of esters is 1. The maximum Gasteiger partial charge on any atom is 0.482 e. The Morgan fingerprint density at radius 1 is 1.06 bits per heavy atom. The first-order valence-electron chi connectivity index (χ1n) is 17.3. The molecule has 1 aromatic heterocycles. The van der Waals surface area contributed by atoms with Gasteiger partial charge in [0.25, 0.3) is 5.91 Å². The average Bonchev–Trinajstić information content (AvgIpc) is 3.39. The standard InChI is InChI=1S/C35H50BN7O6/c1-25(2)21-29(42-31(45)27(22-26-13-8-6-9-14-26)41-32(46)28-23-38-19-20-39-28)36-48-34(5)17-12-16-33(3,4)35(34,49-36)24-47-30(44)15-10-7-11-18-40-43-37/h6,8-9,13-14,19-20,23,25,27,29H,7,10-12,15-18,21-22,24H2,1-5H3,(H,41,46)(H,42,45)/t27-,29-,34?,35?/m0/s1. The largest absolute Gasteiger partial charge is 0.482 e. The highest BCUT2D eigenvalue weighted by atomic mass is 16.7. The minimum Gasteiger partial charge on any atom is -0.463 e. The molecule has 2 fully saturated rings. The number of rotatable bonds is 17. The molecule has 14 heteroatoms. The van der Waals surface area contributed by atoms with Crippen molar-refractivity contribution in [2.45, 2.75) is 116 Å². The fourth-order valence-electron chi connectivity index (χ4n) is 7.12. The zero-order valence-electron chi connectivity index (χ0n) is 29.4. The fraction of sp³-hybridized carbons (Fsp3) is 0.629. The lowest BCUT2D eigenvalue weighted by Gasteiger charge is -2.55. The third-order valence-electron chi connectivity index (χ3n) is 9.82. The molecule has 1 saturated heterocycles. The van der Waals surface area contributed by atoms with Gasteiger partial charge >= 0.3 is 13.1 Å². The normalized spacial score (nSPS) is 22.4. The Kier molecular flexibility index (Phi) is 13.2. The van der Waals surface area contributed by atoms with Crippen LogP contribution in [-0.4, -0.2) is 71.2 Å². The molecule has 2 aliphatic rings. The highest BCUT2D eigenvalue weighted by Crippen LogP contribution is 2.57. The highest BCUT2D eigenvalue weighted by Gasteiger charge is 2.69. The lowest BCUT2D eigenvalue weighted by molar-refractivity contribution is -0.187. The summed E-state index contributed by atoms with van der Waals surface area (Å²) in [4.78, 5) is 51.0. The molecule has 2 heterocycles. The van der Waals surface area contributed by atoms with E-state index in [4.69, 9.17) is 19.6 Å². The van der Waals surface area contributed by atoms with E-state index in [2.05, 4.69) is 58.3 Å². The van der Waals surface area contributed by atoms with E-state index >= 15 is 0 Å². The number of nitrogens with zero attached hydrogens (tertiary/aromatic N) is 5. The molecular weight excluding hydrogens is 625 g/mol. The van der Waals surface area contributed by atoms with Gasteiger partial charge in [0, 0.05) is 36.7 Å².